The predicted octanol–water partition coefficient (Wildman–Crippen LogP) is 10.3. The maximum Gasteiger partial charge on any atom is 0.255 e. The molecule has 282 valence electrons. The van der Waals surface area contributed by atoms with Crippen molar-refractivity contribution in [1.29, 1.82) is 0 Å². The molecule has 8 aromatic rings. The Morgan fingerprint density at radius 3 is 0.982 bits per heavy atom. The molecule has 0 bridgehead atoms. The van der Waals surface area contributed by atoms with E-state index in [9.17, 15) is 17.6 Å². The fourth-order valence-corrected chi connectivity index (χ4v) is 7.26. The summed E-state index contributed by atoms with van der Waals surface area (Å²) in [5, 5.41) is -14.6. The van der Waals surface area contributed by atoms with Gasteiger partial charge in [0.2, 0.25) is 0 Å². The zero-order valence-corrected chi connectivity index (χ0v) is 26.6. The average molecular weight is 798 g/mol. The van der Waals surface area contributed by atoms with Crippen LogP contribution in [0.25, 0.3) is 53.9 Å². The van der Waals surface area contributed by atoms with Crippen LogP contribution in [0.1, 0.15) is 0 Å². The van der Waals surface area contributed by atoms with Gasteiger partial charge in [-0.2, -0.15) is 0 Å². The quantitative estimate of drug-likeness (QED) is 0.0549. The molecule has 0 aromatic heterocycles. The van der Waals surface area contributed by atoms with Crippen LogP contribution in [0.15, 0.2) is 48.5 Å². The van der Waals surface area contributed by atoms with Crippen molar-refractivity contribution < 1.29 is 74.6 Å². The highest BCUT2D eigenvalue weighted by molar-refractivity contribution is 6.99. The number of fused-ring (bicyclic) bond motifs is 5. The van der Waals surface area contributed by atoms with Crippen molar-refractivity contribution >= 4 is 77.0 Å². The molecule has 0 nitrogen and oxygen atoms in total. The molecule has 0 fully saturated rings. The summed E-state index contributed by atoms with van der Waals surface area (Å²) >= 11 is 0. The molecule has 0 spiro atoms. The van der Waals surface area contributed by atoms with E-state index < -0.39 is 176 Å². The minimum atomic E-state index is -3.57. The summed E-state index contributed by atoms with van der Waals surface area (Å²) in [4.78, 5) is 0. The number of rotatable bonds is 3. The second-order valence-corrected chi connectivity index (χ2v) is 12.4. The molecule has 0 saturated carbocycles. The lowest BCUT2D eigenvalue weighted by Crippen LogP contribution is -2.57. The minimum Gasteiger partial charge on any atom is -0.206 e. The van der Waals surface area contributed by atoms with Gasteiger partial charge in [-0.3, -0.25) is 0 Å². The average Bonchev–Trinajstić information content (AvgIpc) is 3.16. The van der Waals surface area contributed by atoms with Crippen LogP contribution in [0.2, 0.25) is 0 Å². The smallest absolute Gasteiger partial charge is 0.206 e. The standard InChI is InChI=1S/C38H8BF17/c40-13-5-1-3-9-7-11-17(24(42)15(9)13)26(44)34(52)31(49)21(11)39(23-19-20(29(47)36(54)33(23)51)30(48)38(56)37(55)28(19)46)22-12-8-10-4-2-6-14(41)16(10)25(43)18(12)27(45)35(53)32(22)50/h1-8H. The van der Waals surface area contributed by atoms with Gasteiger partial charge in [0.05, 0.1) is 26.9 Å². The van der Waals surface area contributed by atoms with Crippen LogP contribution >= 0.6 is 0 Å². The first-order valence-electron chi connectivity index (χ1n) is 15.5. The summed E-state index contributed by atoms with van der Waals surface area (Å²) in [5.41, 5.74) is -6.15. The third-order valence-corrected chi connectivity index (χ3v) is 9.61. The van der Waals surface area contributed by atoms with E-state index in [1.165, 1.54) is 0 Å². The molecule has 0 aliphatic rings. The van der Waals surface area contributed by atoms with E-state index in [0.29, 0.717) is 24.3 Å². The SMILES string of the molecule is Fc1c(F)c(F)c2c(F)c3c(F)cccc3cc2c1B(c1c(F)c(F)c(F)c2c(F)c3c(F)cccc3cc12)c1c(F)c(F)c(F)c2c(F)c(F)c(F)c(F)c12. The van der Waals surface area contributed by atoms with Crippen LogP contribution in [-0.4, -0.2) is 6.71 Å². The zero-order valence-electron chi connectivity index (χ0n) is 26.6. The van der Waals surface area contributed by atoms with Crippen LogP contribution in [0.4, 0.5) is 74.6 Å². The molecule has 0 heterocycles. The normalized spacial score (nSPS) is 12.0. The van der Waals surface area contributed by atoms with Crippen molar-refractivity contribution in [3.05, 3.63) is 147 Å². The maximum atomic E-state index is 16.5. The van der Waals surface area contributed by atoms with E-state index in [2.05, 4.69) is 0 Å². The highest BCUT2D eigenvalue weighted by Gasteiger charge is 2.43. The molecule has 0 atom stereocenters. The fraction of sp³-hybridized carbons (Fsp3) is 0. The molecule has 0 aliphatic carbocycles. The van der Waals surface area contributed by atoms with Crippen molar-refractivity contribution in [2.24, 2.45) is 0 Å². The topological polar surface area (TPSA) is 0 Å². The Kier molecular flexibility index (Phi) is 8.22. The lowest BCUT2D eigenvalue weighted by Gasteiger charge is -2.25. The minimum absolute atomic E-state index is 0.424. The molecule has 56 heavy (non-hydrogen) atoms. The Bertz CT molecular complexity index is 2970. The fourth-order valence-electron chi connectivity index (χ4n) is 7.26. The number of halogens is 17. The van der Waals surface area contributed by atoms with E-state index >= 15 is 57.1 Å². The Morgan fingerprint density at radius 1 is 0.268 bits per heavy atom. The Hall–Kier alpha value is -6.07. The van der Waals surface area contributed by atoms with Crippen LogP contribution < -0.4 is 16.4 Å². The van der Waals surface area contributed by atoms with Gasteiger partial charge in [0, 0.05) is 5.39 Å². The molecule has 0 unspecified atom stereocenters. The molecular formula is C38H8BF17. The highest BCUT2D eigenvalue weighted by atomic mass is 19.2. The van der Waals surface area contributed by atoms with E-state index in [0.717, 1.165) is 24.3 Å². The predicted molar refractivity (Wildman–Crippen MR) is 171 cm³/mol. The summed E-state index contributed by atoms with van der Waals surface area (Å²) in [7, 11) is 0. The van der Waals surface area contributed by atoms with Gasteiger partial charge < -0.3 is 0 Å². The zero-order chi connectivity index (χ0) is 40.6. The van der Waals surface area contributed by atoms with Gasteiger partial charge in [-0.25, -0.2) is 74.6 Å². The lowest BCUT2D eigenvalue weighted by molar-refractivity contribution is 0.411. The first-order chi connectivity index (χ1) is 26.4. The van der Waals surface area contributed by atoms with Gasteiger partial charge in [0.15, 0.2) is 75.6 Å². The molecule has 8 rings (SSSR count). The first-order valence-corrected chi connectivity index (χ1v) is 15.5. The summed E-state index contributed by atoms with van der Waals surface area (Å²) < 4.78 is 265. The number of hydrogen-bond donors (Lipinski definition) is 0. The van der Waals surface area contributed by atoms with Gasteiger partial charge in [0.1, 0.15) is 23.3 Å². The van der Waals surface area contributed by atoms with Gasteiger partial charge in [-0.1, -0.05) is 24.3 Å². The van der Waals surface area contributed by atoms with Crippen LogP contribution in [0.5, 0.6) is 0 Å². The first kappa shape index (κ1) is 36.9. The molecule has 8 aromatic carbocycles. The van der Waals surface area contributed by atoms with Crippen molar-refractivity contribution in [2.75, 3.05) is 0 Å². The third-order valence-electron chi connectivity index (χ3n) is 9.61. The molecule has 0 amide bonds. The van der Waals surface area contributed by atoms with E-state index in [4.69, 9.17) is 0 Å². The lowest BCUT2D eigenvalue weighted by atomic mass is 9.34. The number of hydrogen-bond acceptors (Lipinski definition) is 0. The van der Waals surface area contributed by atoms with E-state index in [-0.39, 0.29) is 0 Å². The molecule has 0 aliphatic heterocycles. The van der Waals surface area contributed by atoms with Gasteiger partial charge in [-0.15, -0.1) is 0 Å². The Morgan fingerprint density at radius 2 is 0.589 bits per heavy atom. The number of benzene rings is 8. The van der Waals surface area contributed by atoms with Crippen molar-refractivity contribution in [3.63, 3.8) is 0 Å². The second kappa shape index (κ2) is 12.5. The van der Waals surface area contributed by atoms with Gasteiger partial charge in [-0.05, 0) is 62.2 Å². The van der Waals surface area contributed by atoms with Crippen LogP contribution in [0, 0.1) is 98.9 Å². The second-order valence-electron chi connectivity index (χ2n) is 12.4. The summed E-state index contributed by atoms with van der Waals surface area (Å²) in [6, 6.07) is 5.61. The molecule has 0 radical (unpaired) electrons. The van der Waals surface area contributed by atoms with E-state index in [1.807, 2.05) is 0 Å². The largest absolute Gasteiger partial charge is 0.255 e. The van der Waals surface area contributed by atoms with E-state index in [1.54, 1.807) is 0 Å². The summed E-state index contributed by atoms with van der Waals surface area (Å²) in [6.07, 6.45) is 0. The Labute approximate surface area is 299 Å². The molecular weight excluding hydrogens is 790 g/mol. The highest BCUT2D eigenvalue weighted by Crippen LogP contribution is 2.37. The molecule has 18 heteroatoms. The van der Waals surface area contributed by atoms with Crippen LogP contribution in [0.3, 0.4) is 0 Å². The molecule has 0 saturated heterocycles. The van der Waals surface area contributed by atoms with Crippen molar-refractivity contribution in [3.8, 4) is 0 Å². The summed E-state index contributed by atoms with van der Waals surface area (Å²) in [5.74, 6) is -43.0. The van der Waals surface area contributed by atoms with Crippen molar-refractivity contribution in [1.82, 2.24) is 0 Å². The maximum absolute atomic E-state index is 16.5. The summed E-state index contributed by atoms with van der Waals surface area (Å²) in [6.45, 7) is -3.57. The monoisotopic (exact) mass is 798 g/mol. The third kappa shape index (κ3) is 4.70. The van der Waals surface area contributed by atoms with Crippen molar-refractivity contribution in [2.45, 2.75) is 0 Å². The molecule has 0 N–H and O–H groups in total. The van der Waals surface area contributed by atoms with Gasteiger partial charge >= 0.3 is 0 Å². The van der Waals surface area contributed by atoms with Gasteiger partial charge in [0.25, 0.3) is 6.71 Å². The Balaban J connectivity index is 1.74. The van der Waals surface area contributed by atoms with Crippen LogP contribution in [-0.2, 0) is 0 Å².